The summed E-state index contributed by atoms with van der Waals surface area (Å²) in [6, 6.07) is 5.25. The number of benzene rings is 1. The van der Waals surface area contributed by atoms with Gasteiger partial charge in [-0.05, 0) is 60.4 Å². The summed E-state index contributed by atoms with van der Waals surface area (Å²) in [5, 5.41) is 3.04. The van der Waals surface area contributed by atoms with Gasteiger partial charge in [-0.25, -0.2) is 13.1 Å². The minimum atomic E-state index is -3.49. The fraction of sp³-hybridized carbons (Fsp3) is 0.571. The Kier molecular flexibility index (Phi) is 5.79. The lowest BCUT2D eigenvalue weighted by Crippen LogP contribution is -2.47. The van der Waals surface area contributed by atoms with E-state index in [4.69, 9.17) is 4.74 Å². The van der Waals surface area contributed by atoms with Gasteiger partial charge in [0.2, 0.25) is 10.0 Å². The highest BCUT2D eigenvalue weighted by Gasteiger charge is 2.33. The standard InChI is InChI=1S/C14H21BrN2O3S/c1-3-20-12-7-11(8-12)17-21(18,19)14-5-4-10(9-16-2)6-13(14)15/h4-6,11-12,16-17H,3,7-9H2,1-2H3. The molecular formula is C14H21BrN2O3S. The molecule has 0 atom stereocenters. The van der Waals surface area contributed by atoms with Crippen LogP contribution >= 0.6 is 15.9 Å². The molecule has 1 aliphatic carbocycles. The number of rotatable bonds is 7. The molecule has 1 aromatic carbocycles. The van der Waals surface area contributed by atoms with E-state index in [0.29, 0.717) is 17.6 Å². The molecule has 21 heavy (non-hydrogen) atoms. The summed E-state index contributed by atoms with van der Waals surface area (Å²) in [6.45, 7) is 3.31. The molecule has 0 saturated heterocycles. The molecule has 0 bridgehead atoms. The molecule has 1 fully saturated rings. The third-order valence-electron chi connectivity index (χ3n) is 3.49. The maximum atomic E-state index is 12.4. The van der Waals surface area contributed by atoms with Crippen LogP contribution in [0.5, 0.6) is 0 Å². The van der Waals surface area contributed by atoms with Crippen molar-refractivity contribution in [1.29, 1.82) is 0 Å². The molecule has 2 N–H and O–H groups in total. The lowest BCUT2D eigenvalue weighted by molar-refractivity contribution is -0.00476. The van der Waals surface area contributed by atoms with Crippen LogP contribution < -0.4 is 10.0 Å². The van der Waals surface area contributed by atoms with E-state index < -0.39 is 10.0 Å². The van der Waals surface area contributed by atoms with E-state index in [2.05, 4.69) is 26.0 Å². The lowest BCUT2D eigenvalue weighted by atomic mass is 9.90. The average Bonchev–Trinajstić information content (AvgIpc) is 2.36. The third kappa shape index (κ3) is 4.26. The molecule has 7 heteroatoms. The zero-order chi connectivity index (χ0) is 15.5. The first kappa shape index (κ1) is 16.9. The molecule has 0 amide bonds. The highest BCUT2D eigenvalue weighted by Crippen LogP contribution is 2.28. The van der Waals surface area contributed by atoms with Gasteiger partial charge in [0.05, 0.1) is 11.0 Å². The molecule has 5 nitrogen and oxygen atoms in total. The minimum Gasteiger partial charge on any atom is -0.378 e. The number of sulfonamides is 1. The Hall–Kier alpha value is -0.470. The molecule has 1 aliphatic rings. The van der Waals surface area contributed by atoms with Crippen LogP contribution in [0.2, 0.25) is 0 Å². The number of halogens is 1. The summed E-state index contributed by atoms with van der Waals surface area (Å²) in [7, 11) is -1.64. The van der Waals surface area contributed by atoms with Crippen molar-refractivity contribution in [3.05, 3.63) is 28.2 Å². The Labute approximate surface area is 134 Å². The Bertz CT molecular complexity index is 586. The molecule has 0 heterocycles. The lowest BCUT2D eigenvalue weighted by Gasteiger charge is -2.35. The summed E-state index contributed by atoms with van der Waals surface area (Å²) in [5.74, 6) is 0. The van der Waals surface area contributed by atoms with Crippen LogP contribution in [0, 0.1) is 0 Å². The number of hydrogen-bond acceptors (Lipinski definition) is 4. The van der Waals surface area contributed by atoms with Gasteiger partial charge in [0, 0.05) is 23.7 Å². The first-order chi connectivity index (χ1) is 9.96. The number of hydrogen-bond donors (Lipinski definition) is 2. The minimum absolute atomic E-state index is 0.0320. The summed E-state index contributed by atoms with van der Waals surface area (Å²) >= 11 is 3.35. The average molecular weight is 377 g/mol. The highest BCUT2D eigenvalue weighted by atomic mass is 79.9. The molecule has 118 valence electrons. The Morgan fingerprint density at radius 3 is 2.67 bits per heavy atom. The van der Waals surface area contributed by atoms with Crippen LogP contribution in [0.4, 0.5) is 0 Å². The van der Waals surface area contributed by atoms with E-state index in [9.17, 15) is 8.42 Å². The van der Waals surface area contributed by atoms with E-state index >= 15 is 0 Å². The van der Waals surface area contributed by atoms with Crippen LogP contribution in [0.3, 0.4) is 0 Å². The van der Waals surface area contributed by atoms with E-state index in [1.807, 2.05) is 26.1 Å². The normalized spacial score (nSPS) is 22.0. The van der Waals surface area contributed by atoms with Crippen LogP contribution in [0.15, 0.2) is 27.6 Å². The zero-order valence-corrected chi connectivity index (χ0v) is 14.6. The van der Waals surface area contributed by atoms with Gasteiger partial charge in [0.15, 0.2) is 0 Å². The first-order valence-corrected chi connectivity index (χ1v) is 9.31. The maximum absolute atomic E-state index is 12.4. The van der Waals surface area contributed by atoms with Gasteiger partial charge < -0.3 is 10.1 Å². The largest absolute Gasteiger partial charge is 0.378 e. The monoisotopic (exact) mass is 376 g/mol. The first-order valence-electron chi connectivity index (χ1n) is 7.03. The van der Waals surface area contributed by atoms with Crippen molar-refractivity contribution in [2.75, 3.05) is 13.7 Å². The number of nitrogens with one attached hydrogen (secondary N) is 2. The summed E-state index contributed by atoms with van der Waals surface area (Å²) in [6.07, 6.45) is 1.66. The molecule has 1 aromatic rings. The van der Waals surface area contributed by atoms with Crippen LogP contribution in [0.25, 0.3) is 0 Å². The van der Waals surface area contributed by atoms with Crippen molar-refractivity contribution < 1.29 is 13.2 Å². The Morgan fingerprint density at radius 2 is 2.10 bits per heavy atom. The van der Waals surface area contributed by atoms with E-state index in [1.165, 1.54) is 0 Å². The predicted molar refractivity (Wildman–Crippen MR) is 85.7 cm³/mol. The quantitative estimate of drug-likeness (QED) is 0.763. The second-order valence-corrected chi connectivity index (χ2v) is 7.70. The van der Waals surface area contributed by atoms with Crippen molar-refractivity contribution in [3.63, 3.8) is 0 Å². The van der Waals surface area contributed by atoms with Crippen LogP contribution in [0.1, 0.15) is 25.3 Å². The molecular weight excluding hydrogens is 356 g/mol. The van der Waals surface area contributed by atoms with Gasteiger partial charge in [-0.15, -0.1) is 0 Å². The Balaban J connectivity index is 2.03. The van der Waals surface area contributed by atoms with Crippen molar-refractivity contribution in [1.82, 2.24) is 10.0 Å². The van der Waals surface area contributed by atoms with Gasteiger partial charge in [-0.3, -0.25) is 0 Å². The fourth-order valence-corrected chi connectivity index (χ4v) is 4.78. The van der Waals surface area contributed by atoms with E-state index in [0.717, 1.165) is 18.4 Å². The van der Waals surface area contributed by atoms with Crippen molar-refractivity contribution in [2.24, 2.45) is 0 Å². The summed E-state index contributed by atoms with van der Waals surface area (Å²) in [5.41, 5.74) is 1.03. The Morgan fingerprint density at radius 1 is 1.38 bits per heavy atom. The van der Waals surface area contributed by atoms with Gasteiger partial charge in [0.1, 0.15) is 0 Å². The third-order valence-corrected chi connectivity index (χ3v) is 5.98. The molecule has 0 aliphatic heterocycles. The highest BCUT2D eigenvalue weighted by molar-refractivity contribution is 9.10. The predicted octanol–water partition coefficient (Wildman–Crippen LogP) is 2.01. The second kappa shape index (κ2) is 7.19. The molecule has 0 unspecified atom stereocenters. The molecule has 1 saturated carbocycles. The van der Waals surface area contributed by atoms with Gasteiger partial charge in [-0.2, -0.15) is 0 Å². The van der Waals surface area contributed by atoms with Crippen molar-refractivity contribution >= 4 is 26.0 Å². The zero-order valence-electron chi connectivity index (χ0n) is 12.2. The molecule has 0 spiro atoms. The van der Waals surface area contributed by atoms with Gasteiger partial charge >= 0.3 is 0 Å². The maximum Gasteiger partial charge on any atom is 0.241 e. The van der Waals surface area contributed by atoms with Crippen molar-refractivity contribution in [3.8, 4) is 0 Å². The smallest absolute Gasteiger partial charge is 0.241 e. The second-order valence-electron chi connectivity index (χ2n) is 5.16. The number of ether oxygens (including phenoxy) is 1. The molecule has 0 aromatic heterocycles. The SMILES string of the molecule is CCOC1CC(NS(=O)(=O)c2ccc(CNC)cc2Br)C1. The van der Waals surface area contributed by atoms with Crippen molar-refractivity contribution in [2.45, 2.75) is 43.4 Å². The van der Waals surface area contributed by atoms with Crippen LogP contribution in [-0.4, -0.2) is 34.2 Å². The van der Waals surface area contributed by atoms with E-state index in [-0.39, 0.29) is 17.0 Å². The fourth-order valence-electron chi connectivity index (χ4n) is 2.39. The topological polar surface area (TPSA) is 67.4 Å². The van der Waals surface area contributed by atoms with Gasteiger partial charge in [-0.1, -0.05) is 6.07 Å². The summed E-state index contributed by atoms with van der Waals surface area (Å²) < 4.78 is 33.6. The molecule has 0 radical (unpaired) electrons. The molecule has 2 rings (SSSR count). The van der Waals surface area contributed by atoms with Crippen LogP contribution in [-0.2, 0) is 21.3 Å². The van der Waals surface area contributed by atoms with E-state index in [1.54, 1.807) is 6.07 Å². The van der Waals surface area contributed by atoms with Gasteiger partial charge in [0.25, 0.3) is 0 Å². The summed E-state index contributed by atoms with van der Waals surface area (Å²) in [4.78, 5) is 0.280.